The fraction of sp³-hybridized carbons (Fsp3) is 0.143. The molecule has 1 unspecified atom stereocenters. The number of alkyl halides is 3. The van der Waals surface area contributed by atoms with Gasteiger partial charge in [-0.1, -0.05) is 17.7 Å². The van der Waals surface area contributed by atoms with Crippen LogP contribution in [-0.2, 0) is 6.18 Å². The Hall–Kier alpha value is -0.860. The fourth-order valence-corrected chi connectivity index (χ4v) is 2.74. The molecule has 0 spiro atoms. The van der Waals surface area contributed by atoms with Gasteiger partial charge in [0.1, 0.15) is 5.82 Å². The quantitative estimate of drug-likeness (QED) is 0.519. The molecule has 2 aromatic carbocycles. The van der Waals surface area contributed by atoms with Crippen LogP contribution < -0.4 is 5.73 Å². The first-order valence-corrected chi connectivity index (χ1v) is 7.23. The van der Waals surface area contributed by atoms with E-state index in [1.165, 1.54) is 6.07 Å². The van der Waals surface area contributed by atoms with Crippen LogP contribution in [0.25, 0.3) is 0 Å². The summed E-state index contributed by atoms with van der Waals surface area (Å²) < 4.78 is 52.0. The average molecular weight is 430 g/mol. The van der Waals surface area contributed by atoms with E-state index in [4.69, 9.17) is 17.3 Å². The normalized spacial score (nSPS) is 13.3. The Morgan fingerprint density at radius 2 is 1.76 bits per heavy atom. The minimum absolute atomic E-state index is 0.251. The van der Waals surface area contributed by atoms with Crippen molar-refractivity contribution in [1.29, 1.82) is 0 Å². The predicted octanol–water partition coefficient (Wildman–Crippen LogP) is 5.15. The number of hydrogen-bond acceptors (Lipinski definition) is 1. The molecule has 0 saturated carbocycles. The second kappa shape index (κ2) is 6.10. The lowest BCUT2D eigenvalue weighted by Crippen LogP contribution is -2.15. The predicted molar refractivity (Wildman–Crippen MR) is 81.6 cm³/mol. The van der Waals surface area contributed by atoms with Gasteiger partial charge in [0.15, 0.2) is 0 Å². The third-order valence-corrected chi connectivity index (χ3v) is 4.17. The summed E-state index contributed by atoms with van der Waals surface area (Å²) in [6, 6.07) is 6.95. The zero-order chi connectivity index (χ0) is 15.8. The lowest BCUT2D eigenvalue weighted by Gasteiger charge is -2.16. The van der Waals surface area contributed by atoms with Crippen molar-refractivity contribution < 1.29 is 17.6 Å². The number of hydrogen-bond donors (Lipinski definition) is 1. The largest absolute Gasteiger partial charge is 0.419 e. The molecule has 0 aromatic heterocycles. The van der Waals surface area contributed by atoms with Crippen LogP contribution in [0.4, 0.5) is 17.6 Å². The molecule has 112 valence electrons. The Morgan fingerprint density at radius 1 is 1.10 bits per heavy atom. The van der Waals surface area contributed by atoms with Crippen LogP contribution in [0.5, 0.6) is 0 Å². The molecular weight excluding hydrogens is 421 g/mol. The van der Waals surface area contributed by atoms with Gasteiger partial charge in [-0.05, 0) is 64.0 Å². The maximum absolute atomic E-state index is 13.6. The zero-order valence-corrected chi connectivity index (χ0v) is 13.3. The van der Waals surface area contributed by atoms with Crippen molar-refractivity contribution in [2.75, 3.05) is 0 Å². The molecule has 7 heteroatoms. The summed E-state index contributed by atoms with van der Waals surface area (Å²) in [5.41, 5.74) is 5.57. The molecule has 0 heterocycles. The average Bonchev–Trinajstić information content (AvgIpc) is 2.39. The molecule has 0 aliphatic carbocycles. The van der Waals surface area contributed by atoms with Gasteiger partial charge in [-0.2, -0.15) is 13.2 Å². The van der Waals surface area contributed by atoms with Gasteiger partial charge in [0, 0.05) is 8.59 Å². The molecule has 2 aromatic rings. The van der Waals surface area contributed by atoms with Crippen LogP contribution in [0.1, 0.15) is 22.7 Å². The minimum atomic E-state index is -4.73. The minimum Gasteiger partial charge on any atom is -0.320 e. The molecule has 0 bridgehead atoms. The smallest absolute Gasteiger partial charge is 0.320 e. The summed E-state index contributed by atoms with van der Waals surface area (Å²) in [4.78, 5) is 0. The highest BCUT2D eigenvalue weighted by molar-refractivity contribution is 14.1. The first kappa shape index (κ1) is 16.5. The summed E-state index contributed by atoms with van der Waals surface area (Å²) in [5.74, 6) is -1.34. The van der Waals surface area contributed by atoms with Crippen molar-refractivity contribution in [3.8, 4) is 0 Å². The second-order valence-corrected chi connectivity index (χ2v) is 5.98. The van der Waals surface area contributed by atoms with E-state index in [9.17, 15) is 17.6 Å². The van der Waals surface area contributed by atoms with Gasteiger partial charge in [-0.3, -0.25) is 0 Å². The van der Waals surface area contributed by atoms with E-state index >= 15 is 0 Å². The highest BCUT2D eigenvalue weighted by atomic mass is 127. The molecule has 0 fully saturated rings. The molecular formula is C14H9ClF4IN. The maximum Gasteiger partial charge on any atom is 0.419 e. The van der Waals surface area contributed by atoms with Gasteiger partial charge >= 0.3 is 6.18 Å². The summed E-state index contributed by atoms with van der Waals surface area (Å²) >= 11 is 7.92. The molecule has 0 radical (unpaired) electrons. The molecule has 2 N–H and O–H groups in total. The molecule has 0 amide bonds. The molecule has 1 nitrogen and oxygen atoms in total. The number of rotatable bonds is 2. The first-order valence-electron chi connectivity index (χ1n) is 5.77. The molecule has 0 aliphatic heterocycles. The van der Waals surface area contributed by atoms with Gasteiger partial charge in [0.05, 0.1) is 11.6 Å². The van der Waals surface area contributed by atoms with Crippen LogP contribution in [0.2, 0.25) is 5.02 Å². The lowest BCUT2D eigenvalue weighted by atomic mass is 9.98. The monoisotopic (exact) mass is 429 g/mol. The van der Waals surface area contributed by atoms with Crippen molar-refractivity contribution in [3.05, 3.63) is 67.5 Å². The summed E-state index contributed by atoms with van der Waals surface area (Å²) in [6.45, 7) is 0. The van der Waals surface area contributed by atoms with Crippen LogP contribution in [0.3, 0.4) is 0 Å². The second-order valence-electron chi connectivity index (χ2n) is 4.38. The Labute approximate surface area is 137 Å². The Morgan fingerprint density at radius 3 is 2.33 bits per heavy atom. The van der Waals surface area contributed by atoms with Gasteiger partial charge in [-0.15, -0.1) is 0 Å². The number of benzene rings is 2. The van der Waals surface area contributed by atoms with Crippen molar-refractivity contribution in [3.63, 3.8) is 0 Å². The van der Waals surface area contributed by atoms with Crippen LogP contribution >= 0.6 is 34.2 Å². The topological polar surface area (TPSA) is 26.0 Å². The maximum atomic E-state index is 13.6. The first-order chi connectivity index (χ1) is 9.70. The SMILES string of the molecule is NC(c1ccc(C(F)(F)F)c(F)c1)c1cc(Cl)ccc1I. The van der Waals surface area contributed by atoms with E-state index in [1.54, 1.807) is 18.2 Å². The van der Waals surface area contributed by atoms with E-state index in [1.807, 2.05) is 22.6 Å². The molecule has 0 aliphatic rings. The van der Waals surface area contributed by atoms with Crippen LogP contribution in [0.15, 0.2) is 36.4 Å². The summed E-state index contributed by atoms with van der Waals surface area (Å²) in [7, 11) is 0. The number of halogens is 6. The summed E-state index contributed by atoms with van der Waals surface area (Å²) in [5, 5.41) is 0.452. The Bertz CT molecular complexity index is 673. The summed E-state index contributed by atoms with van der Waals surface area (Å²) in [6.07, 6.45) is -4.73. The standard InChI is InChI=1S/C14H9ClF4IN/c15-8-2-4-12(20)9(6-8)13(21)7-1-3-10(11(16)5-7)14(17,18)19/h1-6,13H,21H2. The third kappa shape index (κ3) is 3.67. The van der Waals surface area contributed by atoms with E-state index in [-0.39, 0.29) is 5.56 Å². The zero-order valence-electron chi connectivity index (χ0n) is 10.4. The Kier molecular flexibility index (Phi) is 4.79. The van der Waals surface area contributed by atoms with Crippen LogP contribution in [-0.4, -0.2) is 0 Å². The fourth-order valence-electron chi connectivity index (χ4n) is 1.89. The molecule has 1 atom stereocenters. The third-order valence-electron chi connectivity index (χ3n) is 2.95. The Balaban J connectivity index is 2.43. The van der Waals surface area contributed by atoms with Gasteiger partial charge in [0.25, 0.3) is 0 Å². The van der Waals surface area contributed by atoms with Crippen molar-refractivity contribution in [1.82, 2.24) is 0 Å². The van der Waals surface area contributed by atoms with Crippen molar-refractivity contribution >= 4 is 34.2 Å². The van der Waals surface area contributed by atoms with Crippen molar-refractivity contribution in [2.45, 2.75) is 12.2 Å². The van der Waals surface area contributed by atoms with Crippen molar-refractivity contribution in [2.24, 2.45) is 5.73 Å². The van der Waals surface area contributed by atoms with E-state index in [0.717, 1.165) is 9.64 Å². The van der Waals surface area contributed by atoms with E-state index in [0.29, 0.717) is 16.7 Å². The molecule has 21 heavy (non-hydrogen) atoms. The van der Waals surface area contributed by atoms with Gasteiger partial charge in [-0.25, -0.2) is 4.39 Å². The highest BCUT2D eigenvalue weighted by Gasteiger charge is 2.34. The number of nitrogens with two attached hydrogens (primary N) is 1. The lowest BCUT2D eigenvalue weighted by molar-refractivity contribution is -0.140. The van der Waals surface area contributed by atoms with Gasteiger partial charge < -0.3 is 5.73 Å². The molecule has 0 saturated heterocycles. The van der Waals surface area contributed by atoms with E-state index in [2.05, 4.69) is 0 Å². The van der Waals surface area contributed by atoms with E-state index < -0.39 is 23.6 Å². The highest BCUT2D eigenvalue weighted by Crippen LogP contribution is 2.34. The van der Waals surface area contributed by atoms with Gasteiger partial charge in [0.2, 0.25) is 0 Å². The molecule has 2 rings (SSSR count). The van der Waals surface area contributed by atoms with Crippen LogP contribution in [0, 0.1) is 9.39 Å².